The van der Waals surface area contributed by atoms with E-state index in [1.807, 2.05) is 36.7 Å². The molecule has 1 saturated carbocycles. The average Bonchev–Trinajstić information content (AvgIpc) is 3.00. The highest BCUT2D eigenvalue weighted by molar-refractivity contribution is 6.88. The van der Waals surface area contributed by atoms with Crippen LogP contribution in [0.1, 0.15) is 43.1 Å². The molecule has 3 rings (SSSR count). The molecule has 0 amide bonds. The van der Waals surface area contributed by atoms with Crippen LogP contribution >= 0.6 is 0 Å². The molecule has 1 aromatic carbocycles. The van der Waals surface area contributed by atoms with Crippen molar-refractivity contribution < 1.29 is 9.90 Å². The summed E-state index contributed by atoms with van der Waals surface area (Å²) in [6.45, 7) is 11.4. The molecule has 0 aliphatic heterocycles. The third-order valence-corrected chi connectivity index (χ3v) is 8.02. The van der Waals surface area contributed by atoms with Gasteiger partial charge in [-0.15, -0.1) is 0 Å². The summed E-state index contributed by atoms with van der Waals surface area (Å²) >= 11 is 0. The fourth-order valence-corrected chi connectivity index (χ4v) is 5.27. The van der Waals surface area contributed by atoms with Crippen LogP contribution in [0.15, 0.2) is 30.3 Å². The highest BCUT2D eigenvalue weighted by Crippen LogP contribution is 2.53. The topological polar surface area (TPSA) is 78.9 Å². The second kappa shape index (κ2) is 7.64. The number of nitrogens with zero attached hydrogens (tertiary/aromatic N) is 3. The third kappa shape index (κ3) is 3.67. The Morgan fingerprint density at radius 1 is 1.28 bits per heavy atom. The van der Waals surface area contributed by atoms with Gasteiger partial charge in [0.1, 0.15) is 6.07 Å². The zero-order chi connectivity index (χ0) is 21.4. The van der Waals surface area contributed by atoms with Crippen molar-refractivity contribution in [3.05, 3.63) is 47.3 Å². The molecule has 1 aromatic heterocycles. The molecule has 0 unspecified atom stereocenters. The number of carboxylic acid groups (broad SMARTS) is 1. The van der Waals surface area contributed by atoms with Gasteiger partial charge in [0.2, 0.25) is 0 Å². The normalized spacial score (nSPS) is 16.6. The zero-order valence-corrected chi connectivity index (χ0v) is 18.9. The highest BCUT2D eigenvalue weighted by Gasteiger charge is 2.50. The van der Waals surface area contributed by atoms with Crippen LogP contribution in [0.25, 0.3) is 11.1 Å². The predicted octanol–water partition coefficient (Wildman–Crippen LogP) is 4.45. The number of carbonyl (C=O) groups is 1. The van der Waals surface area contributed by atoms with E-state index in [2.05, 4.69) is 42.9 Å². The lowest BCUT2D eigenvalue weighted by Crippen LogP contribution is -2.40. The molecule has 0 bridgehead atoms. The molecule has 2 aromatic rings. The Labute approximate surface area is 173 Å². The molecule has 1 aliphatic carbocycles. The predicted molar refractivity (Wildman–Crippen MR) is 118 cm³/mol. The van der Waals surface area contributed by atoms with E-state index in [4.69, 9.17) is 0 Å². The molecular formula is C23H29N3O2Si. The van der Waals surface area contributed by atoms with Crippen LogP contribution in [0, 0.1) is 23.7 Å². The van der Waals surface area contributed by atoms with Crippen molar-refractivity contribution in [2.75, 3.05) is 0 Å². The van der Waals surface area contributed by atoms with E-state index in [0.717, 1.165) is 23.4 Å². The number of allylic oxidation sites excluding steroid dienone is 1. The Hall–Kier alpha value is -2.65. The number of nitriles is 1. The van der Waals surface area contributed by atoms with Crippen molar-refractivity contribution >= 4 is 30.4 Å². The van der Waals surface area contributed by atoms with Gasteiger partial charge in [0.15, 0.2) is 0 Å². The van der Waals surface area contributed by atoms with Gasteiger partial charge in [-0.2, -0.15) is 10.4 Å². The first-order valence-corrected chi connectivity index (χ1v) is 13.7. The van der Waals surface area contributed by atoms with Gasteiger partial charge in [-0.25, -0.2) is 0 Å². The van der Waals surface area contributed by atoms with E-state index in [0.29, 0.717) is 30.5 Å². The molecule has 0 radical (unpaired) electrons. The number of benzene rings is 1. The number of hydrogen-bond donors (Lipinski definition) is 1. The van der Waals surface area contributed by atoms with Gasteiger partial charge >= 0.3 is 5.97 Å². The van der Waals surface area contributed by atoms with Gasteiger partial charge in [-0.1, -0.05) is 55.5 Å². The van der Waals surface area contributed by atoms with Crippen LogP contribution in [0.4, 0.5) is 0 Å². The lowest BCUT2D eigenvalue weighted by molar-refractivity contribution is -0.149. The van der Waals surface area contributed by atoms with E-state index < -0.39 is 19.5 Å². The Morgan fingerprint density at radius 2 is 1.90 bits per heavy atom. The van der Waals surface area contributed by atoms with Crippen molar-refractivity contribution in [2.45, 2.75) is 59.3 Å². The molecule has 0 atom stereocenters. The first-order valence-electron chi connectivity index (χ1n) is 10.2. The minimum absolute atomic E-state index is 0.448. The first kappa shape index (κ1) is 21.1. The molecule has 1 fully saturated rings. The summed E-state index contributed by atoms with van der Waals surface area (Å²) in [4.78, 5) is 12.4. The van der Waals surface area contributed by atoms with Crippen LogP contribution in [0.5, 0.6) is 0 Å². The maximum atomic E-state index is 12.4. The lowest BCUT2D eigenvalue weighted by Gasteiger charge is -2.40. The van der Waals surface area contributed by atoms with Crippen molar-refractivity contribution in [1.82, 2.24) is 9.78 Å². The summed E-state index contributed by atoms with van der Waals surface area (Å²) in [5.74, 6) is -0.855. The van der Waals surface area contributed by atoms with Crippen LogP contribution in [-0.2, 0) is 11.3 Å². The molecular weight excluding hydrogens is 378 g/mol. The number of aliphatic carboxylic acids is 1. The summed E-state index contributed by atoms with van der Waals surface area (Å²) in [5, 5.41) is 26.1. The number of hydrogen-bond acceptors (Lipinski definition) is 3. The molecule has 29 heavy (non-hydrogen) atoms. The van der Waals surface area contributed by atoms with E-state index in [-0.39, 0.29) is 0 Å². The first-order chi connectivity index (χ1) is 13.6. The van der Waals surface area contributed by atoms with Gasteiger partial charge in [0.25, 0.3) is 0 Å². The molecule has 1 aliphatic rings. The maximum Gasteiger partial charge on any atom is 0.314 e. The quantitative estimate of drug-likeness (QED) is 0.567. The number of aromatic nitrogens is 2. The van der Waals surface area contributed by atoms with Crippen molar-refractivity contribution in [1.29, 1.82) is 5.26 Å². The SMILES string of the molecule is CCn1nc(C)cc1/C(=C(/C#N)c1ccc([Si](C)(C)C)cc1)C1(C(=O)O)CCC1. The summed E-state index contributed by atoms with van der Waals surface area (Å²) < 4.78 is 1.82. The molecule has 5 nitrogen and oxygen atoms in total. The second-order valence-corrected chi connectivity index (χ2v) is 14.0. The Kier molecular flexibility index (Phi) is 5.55. The molecule has 1 N–H and O–H groups in total. The van der Waals surface area contributed by atoms with Crippen molar-refractivity contribution in [2.24, 2.45) is 5.41 Å². The fraction of sp³-hybridized carbons (Fsp3) is 0.435. The van der Waals surface area contributed by atoms with E-state index in [1.54, 1.807) is 0 Å². The van der Waals surface area contributed by atoms with Crippen LogP contribution in [-0.4, -0.2) is 28.9 Å². The molecule has 152 valence electrons. The Bertz CT molecular complexity index is 1000. The van der Waals surface area contributed by atoms with Crippen LogP contribution < -0.4 is 5.19 Å². The Balaban J connectivity index is 2.29. The van der Waals surface area contributed by atoms with Gasteiger partial charge in [-0.05, 0) is 38.3 Å². The molecule has 0 saturated heterocycles. The minimum Gasteiger partial charge on any atom is -0.481 e. The summed E-state index contributed by atoms with van der Waals surface area (Å²) in [6.07, 6.45) is 1.94. The van der Waals surface area contributed by atoms with Crippen LogP contribution in [0.3, 0.4) is 0 Å². The van der Waals surface area contributed by atoms with Gasteiger partial charge in [0, 0.05) is 12.1 Å². The smallest absolute Gasteiger partial charge is 0.314 e. The van der Waals surface area contributed by atoms with Gasteiger partial charge in [0.05, 0.1) is 30.4 Å². The van der Waals surface area contributed by atoms with Gasteiger partial charge in [-0.3, -0.25) is 9.48 Å². The standard InChI is InChI=1S/C23H29N3O2Si/c1-6-26-20(14-16(2)25-26)21(23(22(27)28)12-7-13-23)19(15-24)17-8-10-18(11-9-17)29(3,4)5/h8-11,14H,6-7,12-13H2,1-5H3,(H,27,28)/b21-19+. The molecule has 1 heterocycles. The van der Waals surface area contributed by atoms with Gasteiger partial charge < -0.3 is 5.11 Å². The lowest BCUT2D eigenvalue weighted by atomic mass is 9.61. The van der Waals surface area contributed by atoms with Crippen LogP contribution in [0.2, 0.25) is 19.6 Å². The van der Waals surface area contributed by atoms with Crippen molar-refractivity contribution in [3.63, 3.8) is 0 Å². The summed E-state index contributed by atoms with van der Waals surface area (Å²) in [7, 11) is -1.46. The third-order valence-electron chi connectivity index (χ3n) is 5.95. The number of aryl methyl sites for hydroxylation is 2. The maximum absolute atomic E-state index is 12.4. The molecule has 6 heteroatoms. The second-order valence-electron chi connectivity index (χ2n) is 8.92. The minimum atomic E-state index is -1.46. The van der Waals surface area contributed by atoms with E-state index >= 15 is 0 Å². The van der Waals surface area contributed by atoms with E-state index in [9.17, 15) is 15.2 Å². The van der Waals surface area contributed by atoms with Crippen molar-refractivity contribution in [3.8, 4) is 6.07 Å². The Morgan fingerprint density at radius 3 is 2.31 bits per heavy atom. The zero-order valence-electron chi connectivity index (χ0n) is 17.9. The highest BCUT2D eigenvalue weighted by atomic mass is 28.3. The average molecular weight is 408 g/mol. The monoisotopic (exact) mass is 407 g/mol. The molecule has 0 spiro atoms. The summed E-state index contributed by atoms with van der Waals surface area (Å²) in [5.41, 5.74) is 2.38. The largest absolute Gasteiger partial charge is 0.481 e. The fourth-order valence-electron chi connectivity index (χ4n) is 4.10. The summed E-state index contributed by atoms with van der Waals surface area (Å²) in [6, 6.07) is 12.4. The number of carboxylic acids is 1. The number of rotatable bonds is 6. The van der Waals surface area contributed by atoms with E-state index in [1.165, 1.54) is 5.19 Å².